The number of carbonyl (C=O) groups excluding carboxylic acids is 3. The summed E-state index contributed by atoms with van der Waals surface area (Å²) in [6.45, 7) is 10.8. The third-order valence-electron chi connectivity index (χ3n) is 3.77. The van der Waals surface area contributed by atoms with Gasteiger partial charge in [-0.2, -0.15) is 12.6 Å². The van der Waals surface area contributed by atoms with E-state index in [-0.39, 0.29) is 11.7 Å². The van der Waals surface area contributed by atoms with Gasteiger partial charge in [-0.25, -0.2) is 4.79 Å². The van der Waals surface area contributed by atoms with Crippen molar-refractivity contribution in [1.29, 1.82) is 0 Å². The van der Waals surface area contributed by atoms with Gasteiger partial charge in [-0.1, -0.05) is 30.3 Å². The van der Waals surface area contributed by atoms with Crippen LogP contribution in [0.5, 0.6) is 0 Å². The van der Waals surface area contributed by atoms with E-state index in [0.29, 0.717) is 5.56 Å². The molecule has 0 aliphatic rings. The Bertz CT molecular complexity index is 711. The van der Waals surface area contributed by atoms with Crippen LogP contribution in [0.3, 0.4) is 0 Å². The Morgan fingerprint density at radius 1 is 1.07 bits per heavy atom. The number of benzene rings is 1. The van der Waals surface area contributed by atoms with E-state index in [4.69, 9.17) is 4.74 Å². The van der Waals surface area contributed by atoms with Crippen LogP contribution in [-0.4, -0.2) is 52.8 Å². The zero-order chi connectivity index (χ0) is 22.4. The molecule has 1 rings (SSSR count). The van der Waals surface area contributed by atoms with Crippen LogP contribution in [0.25, 0.3) is 0 Å². The van der Waals surface area contributed by atoms with Gasteiger partial charge in [0, 0.05) is 18.3 Å². The first-order chi connectivity index (χ1) is 13.2. The molecule has 3 amide bonds. The molecular weight excluding hydrogens is 390 g/mol. The Labute approximate surface area is 179 Å². The maximum atomic E-state index is 13.1. The highest BCUT2D eigenvalue weighted by atomic mass is 32.1. The predicted octanol–water partition coefficient (Wildman–Crippen LogP) is 2.92. The smallest absolute Gasteiger partial charge is 0.408 e. The zero-order valence-corrected chi connectivity index (χ0v) is 19.2. The van der Waals surface area contributed by atoms with Crippen LogP contribution in [0.2, 0.25) is 0 Å². The first-order valence-corrected chi connectivity index (χ1v) is 10.1. The number of nitrogens with zero attached hydrogens (tertiary/aromatic N) is 1. The van der Waals surface area contributed by atoms with Crippen molar-refractivity contribution in [3.05, 3.63) is 35.9 Å². The molecule has 2 atom stereocenters. The Balaban J connectivity index is 3.10. The lowest BCUT2D eigenvalue weighted by Gasteiger charge is -2.33. The fraction of sp³-hybridized carbons (Fsp3) is 0.571. The summed E-state index contributed by atoms with van der Waals surface area (Å²) in [5.74, 6) is -0.691. The molecule has 7 nitrogen and oxygen atoms in total. The monoisotopic (exact) mass is 423 g/mol. The first-order valence-electron chi connectivity index (χ1n) is 9.49. The third-order valence-corrected chi connectivity index (χ3v) is 4.13. The van der Waals surface area contributed by atoms with Crippen molar-refractivity contribution in [2.45, 2.75) is 64.8 Å². The fourth-order valence-electron chi connectivity index (χ4n) is 2.63. The molecule has 0 radical (unpaired) electrons. The lowest BCUT2D eigenvalue weighted by molar-refractivity contribution is -0.141. The van der Waals surface area contributed by atoms with Crippen LogP contribution in [0, 0.1) is 0 Å². The van der Waals surface area contributed by atoms with Crippen LogP contribution in [0.1, 0.15) is 53.1 Å². The van der Waals surface area contributed by atoms with E-state index >= 15 is 0 Å². The van der Waals surface area contributed by atoms with Crippen molar-refractivity contribution < 1.29 is 19.1 Å². The molecule has 162 valence electrons. The fourth-order valence-corrected chi connectivity index (χ4v) is 2.88. The van der Waals surface area contributed by atoms with Crippen LogP contribution in [0.4, 0.5) is 4.79 Å². The van der Waals surface area contributed by atoms with E-state index in [2.05, 4.69) is 23.3 Å². The molecule has 0 aromatic heterocycles. The number of hydrogen-bond donors (Lipinski definition) is 3. The van der Waals surface area contributed by atoms with Gasteiger partial charge in [-0.15, -0.1) is 0 Å². The molecule has 8 heteroatoms. The largest absolute Gasteiger partial charge is 0.444 e. The highest BCUT2D eigenvalue weighted by Crippen LogP contribution is 2.22. The van der Waals surface area contributed by atoms with Crippen molar-refractivity contribution in [3.8, 4) is 0 Å². The van der Waals surface area contributed by atoms with Crippen molar-refractivity contribution >= 4 is 30.5 Å². The van der Waals surface area contributed by atoms with Crippen molar-refractivity contribution in [2.24, 2.45) is 0 Å². The molecule has 0 saturated heterocycles. The molecule has 0 saturated carbocycles. The molecule has 2 N–H and O–H groups in total. The van der Waals surface area contributed by atoms with Crippen LogP contribution in [0.15, 0.2) is 30.3 Å². The van der Waals surface area contributed by atoms with Gasteiger partial charge in [0.1, 0.15) is 17.7 Å². The minimum absolute atomic E-state index is 0.0603. The summed E-state index contributed by atoms with van der Waals surface area (Å²) < 4.78 is 5.22. The second kappa shape index (κ2) is 10.0. The molecule has 0 bridgehead atoms. The lowest BCUT2D eigenvalue weighted by atomic mass is 10.0. The third kappa shape index (κ3) is 8.35. The number of alkyl carbamates (subject to hydrolysis) is 1. The first kappa shape index (κ1) is 24.8. The predicted molar refractivity (Wildman–Crippen MR) is 117 cm³/mol. The van der Waals surface area contributed by atoms with Gasteiger partial charge in [-0.05, 0) is 47.1 Å². The quantitative estimate of drug-likeness (QED) is 0.614. The van der Waals surface area contributed by atoms with Gasteiger partial charge in [-0.3, -0.25) is 9.59 Å². The molecule has 0 heterocycles. The number of thiol groups is 1. The average Bonchev–Trinajstić information content (AvgIpc) is 2.57. The maximum absolute atomic E-state index is 13.1. The van der Waals surface area contributed by atoms with Gasteiger partial charge in [0.25, 0.3) is 0 Å². The normalized spacial score (nSPS) is 13.8. The highest BCUT2D eigenvalue weighted by molar-refractivity contribution is 7.80. The molecule has 1 aromatic rings. The molecule has 0 spiro atoms. The minimum Gasteiger partial charge on any atom is -0.444 e. The zero-order valence-electron chi connectivity index (χ0n) is 18.3. The summed E-state index contributed by atoms with van der Waals surface area (Å²) in [6, 6.07) is 7.23. The molecule has 2 unspecified atom stereocenters. The second-order valence-electron chi connectivity index (χ2n) is 8.88. The van der Waals surface area contributed by atoms with E-state index in [1.165, 1.54) is 11.9 Å². The topological polar surface area (TPSA) is 87.7 Å². The Morgan fingerprint density at radius 3 is 2.07 bits per heavy atom. The van der Waals surface area contributed by atoms with Crippen LogP contribution in [-0.2, 0) is 14.3 Å². The maximum Gasteiger partial charge on any atom is 0.408 e. The molecule has 1 aromatic carbocycles. The van der Waals surface area contributed by atoms with Crippen molar-refractivity contribution in [2.75, 3.05) is 12.8 Å². The van der Waals surface area contributed by atoms with Crippen LogP contribution < -0.4 is 10.6 Å². The number of rotatable bonds is 6. The summed E-state index contributed by atoms with van der Waals surface area (Å²) in [5, 5.41) is 5.46. The number of ether oxygens (including phenoxy) is 1. The Kier molecular flexibility index (Phi) is 8.56. The number of carbonyl (C=O) groups is 3. The lowest BCUT2D eigenvalue weighted by Crippen LogP contribution is -2.54. The second-order valence-corrected chi connectivity index (χ2v) is 9.25. The molecule has 29 heavy (non-hydrogen) atoms. The standard InChI is InChI=1S/C21H33N3O4S/c1-20(2,3)23-17(25)16(14-11-9-8-10-12-14)24(7)18(26)15(13-29)22-19(27)28-21(4,5)6/h8-12,15-16,29H,13H2,1-7H3,(H,22,27)(H,23,25). The SMILES string of the molecule is CN(C(=O)C(CS)NC(=O)OC(C)(C)C)C(C(=O)NC(C)(C)C)c1ccccc1. The molecule has 0 fully saturated rings. The highest BCUT2D eigenvalue weighted by Gasteiger charge is 2.34. The van der Waals surface area contributed by atoms with Crippen molar-refractivity contribution in [3.63, 3.8) is 0 Å². The number of likely N-dealkylation sites (N-methyl/N-ethyl adjacent to an activating group) is 1. The van der Waals surface area contributed by atoms with E-state index in [0.717, 1.165) is 0 Å². The summed E-state index contributed by atoms with van der Waals surface area (Å²) in [7, 11) is 1.54. The van der Waals surface area contributed by atoms with E-state index in [1.807, 2.05) is 26.8 Å². The minimum atomic E-state index is -0.938. The molecular formula is C21H33N3O4S. The van der Waals surface area contributed by atoms with Gasteiger partial charge < -0.3 is 20.3 Å². The van der Waals surface area contributed by atoms with E-state index in [9.17, 15) is 14.4 Å². The van der Waals surface area contributed by atoms with Crippen LogP contribution >= 0.6 is 12.6 Å². The number of nitrogens with one attached hydrogen (secondary N) is 2. The summed E-state index contributed by atoms with van der Waals surface area (Å²) in [4.78, 5) is 39.5. The number of hydrogen-bond acceptors (Lipinski definition) is 5. The van der Waals surface area contributed by atoms with E-state index < -0.39 is 35.2 Å². The summed E-state index contributed by atoms with van der Waals surface area (Å²) >= 11 is 4.19. The van der Waals surface area contributed by atoms with Gasteiger partial charge in [0.15, 0.2) is 0 Å². The summed E-state index contributed by atoms with van der Waals surface area (Å²) in [5.41, 5.74) is -0.495. The van der Waals surface area contributed by atoms with Gasteiger partial charge in [0.05, 0.1) is 0 Å². The number of amides is 3. The van der Waals surface area contributed by atoms with Gasteiger partial charge in [0.2, 0.25) is 11.8 Å². The van der Waals surface area contributed by atoms with Gasteiger partial charge >= 0.3 is 6.09 Å². The summed E-state index contributed by atoms with van der Waals surface area (Å²) in [6.07, 6.45) is -0.714. The molecule has 0 aliphatic carbocycles. The van der Waals surface area contributed by atoms with E-state index in [1.54, 1.807) is 45.0 Å². The Morgan fingerprint density at radius 2 is 1.62 bits per heavy atom. The Hall–Kier alpha value is -2.22. The van der Waals surface area contributed by atoms with Crippen molar-refractivity contribution in [1.82, 2.24) is 15.5 Å². The molecule has 0 aliphatic heterocycles. The average molecular weight is 424 g/mol.